The predicted octanol–water partition coefficient (Wildman–Crippen LogP) is 7.21. The Morgan fingerprint density at radius 2 is 1.87 bits per heavy atom. The highest BCUT2D eigenvalue weighted by atomic mass is 35.5. The van der Waals surface area contributed by atoms with E-state index in [1.807, 2.05) is 24.1 Å². The van der Waals surface area contributed by atoms with Crippen molar-refractivity contribution in [2.45, 2.75) is 77.3 Å². The van der Waals surface area contributed by atoms with Gasteiger partial charge in [0.2, 0.25) is 0 Å². The van der Waals surface area contributed by atoms with E-state index in [9.17, 15) is 0 Å². The van der Waals surface area contributed by atoms with E-state index >= 15 is 0 Å². The molecule has 0 radical (unpaired) electrons. The molecule has 0 saturated carbocycles. The van der Waals surface area contributed by atoms with Crippen molar-refractivity contribution in [3.8, 4) is 0 Å². The quantitative estimate of drug-likeness (QED) is 0.263. The van der Waals surface area contributed by atoms with Gasteiger partial charge in [0, 0.05) is 30.3 Å². The van der Waals surface area contributed by atoms with Crippen molar-refractivity contribution < 1.29 is 0 Å². The van der Waals surface area contributed by atoms with Gasteiger partial charge in [0.05, 0.1) is 10.0 Å². The zero-order valence-corrected chi connectivity index (χ0v) is 21.3. The first-order valence-electron chi connectivity index (χ1n) is 11.6. The third kappa shape index (κ3) is 7.40. The minimum atomic E-state index is 0.446. The molecule has 170 valence electrons. The van der Waals surface area contributed by atoms with E-state index in [0.29, 0.717) is 28.0 Å². The molecule has 2 atom stereocenters. The van der Waals surface area contributed by atoms with Gasteiger partial charge < -0.3 is 5.32 Å². The van der Waals surface area contributed by atoms with Gasteiger partial charge in [-0.2, -0.15) is 0 Å². The summed E-state index contributed by atoms with van der Waals surface area (Å²) in [6, 6.07) is 14.2. The van der Waals surface area contributed by atoms with Crippen molar-refractivity contribution in [3.63, 3.8) is 0 Å². The van der Waals surface area contributed by atoms with Gasteiger partial charge in [0.1, 0.15) is 0 Å². The van der Waals surface area contributed by atoms with E-state index in [-0.39, 0.29) is 0 Å². The van der Waals surface area contributed by atoms with Crippen LogP contribution in [-0.4, -0.2) is 24.4 Å². The van der Waals surface area contributed by atoms with Gasteiger partial charge in [-0.15, -0.1) is 0 Å². The molecule has 0 amide bonds. The van der Waals surface area contributed by atoms with Crippen LogP contribution in [0.15, 0.2) is 36.4 Å². The summed E-state index contributed by atoms with van der Waals surface area (Å²) >= 11 is 14.3. The minimum Gasteiger partial charge on any atom is -0.311 e. The van der Waals surface area contributed by atoms with Gasteiger partial charge in [0.15, 0.2) is 0 Å². The van der Waals surface area contributed by atoms with Crippen LogP contribution in [0.2, 0.25) is 10.0 Å². The lowest BCUT2D eigenvalue weighted by Crippen LogP contribution is -2.42. The summed E-state index contributed by atoms with van der Waals surface area (Å²) in [6.45, 7) is 7.76. The first-order valence-corrected chi connectivity index (χ1v) is 13.4. The van der Waals surface area contributed by atoms with Crippen molar-refractivity contribution in [1.29, 1.82) is 0 Å². The van der Waals surface area contributed by atoms with Crippen molar-refractivity contribution in [2.75, 3.05) is 12.3 Å². The molecular formula is C26H36Cl2N2S. The average molecular weight is 480 g/mol. The normalized spacial score (nSPS) is 18.4. The summed E-state index contributed by atoms with van der Waals surface area (Å²) in [7, 11) is 0. The molecule has 3 rings (SSSR count). The summed E-state index contributed by atoms with van der Waals surface area (Å²) in [5.74, 6) is 1.63. The van der Waals surface area contributed by atoms with Crippen LogP contribution in [0.4, 0.5) is 0 Å². The molecule has 0 saturated heterocycles. The third-order valence-electron chi connectivity index (χ3n) is 5.96. The molecule has 1 aliphatic rings. The Morgan fingerprint density at radius 1 is 1.06 bits per heavy atom. The Morgan fingerprint density at radius 3 is 2.61 bits per heavy atom. The lowest BCUT2D eigenvalue weighted by Gasteiger charge is -2.36. The van der Waals surface area contributed by atoms with Crippen LogP contribution in [0.3, 0.4) is 0 Å². The predicted molar refractivity (Wildman–Crippen MR) is 139 cm³/mol. The second-order valence-corrected chi connectivity index (χ2v) is 10.7. The average Bonchev–Trinajstić information content (AvgIpc) is 2.74. The number of rotatable bonds is 11. The van der Waals surface area contributed by atoms with Gasteiger partial charge in [-0.05, 0) is 72.9 Å². The lowest BCUT2D eigenvalue weighted by atomic mass is 9.75. The van der Waals surface area contributed by atoms with Crippen LogP contribution < -0.4 is 10.0 Å². The number of benzene rings is 2. The summed E-state index contributed by atoms with van der Waals surface area (Å²) in [5.41, 5.74) is 5.73. The van der Waals surface area contributed by atoms with Gasteiger partial charge >= 0.3 is 0 Å². The Labute approximate surface area is 203 Å². The Bertz CT molecular complexity index is 840. The second-order valence-electron chi connectivity index (χ2n) is 8.91. The molecule has 2 nitrogen and oxygen atoms in total. The van der Waals surface area contributed by atoms with Gasteiger partial charge in [-0.25, -0.2) is 0 Å². The number of hydrogen-bond donors (Lipinski definition) is 2. The maximum Gasteiger partial charge on any atom is 0.0595 e. The van der Waals surface area contributed by atoms with E-state index in [1.165, 1.54) is 47.3 Å². The highest BCUT2D eigenvalue weighted by Gasteiger charge is 2.30. The molecule has 0 fully saturated rings. The highest BCUT2D eigenvalue weighted by Crippen LogP contribution is 2.36. The van der Waals surface area contributed by atoms with Crippen molar-refractivity contribution in [1.82, 2.24) is 10.0 Å². The maximum absolute atomic E-state index is 6.33. The van der Waals surface area contributed by atoms with Crippen LogP contribution in [0, 0.1) is 0 Å². The summed E-state index contributed by atoms with van der Waals surface area (Å²) in [4.78, 5) is 0. The van der Waals surface area contributed by atoms with Crippen molar-refractivity contribution in [2.24, 2.45) is 0 Å². The third-order valence-corrected chi connectivity index (χ3v) is 7.72. The van der Waals surface area contributed by atoms with Gasteiger partial charge in [0.25, 0.3) is 0 Å². The first-order chi connectivity index (χ1) is 15.0. The molecule has 2 N–H and O–H groups in total. The fraction of sp³-hybridized carbons (Fsp3) is 0.538. The van der Waals surface area contributed by atoms with E-state index in [4.69, 9.17) is 23.2 Å². The molecule has 31 heavy (non-hydrogen) atoms. The highest BCUT2D eigenvalue weighted by molar-refractivity contribution is 7.97. The molecule has 0 spiro atoms. The molecule has 0 aromatic heterocycles. The smallest absolute Gasteiger partial charge is 0.0595 e. The largest absolute Gasteiger partial charge is 0.311 e. The monoisotopic (exact) mass is 478 g/mol. The summed E-state index contributed by atoms with van der Waals surface area (Å²) in [5, 5.41) is 5.11. The molecule has 2 aromatic rings. The van der Waals surface area contributed by atoms with Crippen LogP contribution in [0.1, 0.15) is 68.2 Å². The molecule has 0 bridgehead atoms. The van der Waals surface area contributed by atoms with E-state index in [1.54, 1.807) is 0 Å². The number of fused-ring (bicyclic) bond motifs is 1. The van der Waals surface area contributed by atoms with E-state index in [0.717, 1.165) is 25.8 Å². The van der Waals surface area contributed by atoms with E-state index in [2.05, 4.69) is 55.1 Å². The van der Waals surface area contributed by atoms with Crippen LogP contribution in [-0.2, 0) is 19.3 Å². The molecule has 0 heterocycles. The number of nitrogens with one attached hydrogen (secondary N) is 2. The van der Waals surface area contributed by atoms with Crippen LogP contribution in [0.5, 0.6) is 0 Å². The maximum atomic E-state index is 6.33. The summed E-state index contributed by atoms with van der Waals surface area (Å²) < 4.78 is 3.48. The Kier molecular flexibility index (Phi) is 10.1. The van der Waals surface area contributed by atoms with Crippen molar-refractivity contribution >= 4 is 35.1 Å². The van der Waals surface area contributed by atoms with Crippen molar-refractivity contribution in [3.05, 3.63) is 68.7 Å². The van der Waals surface area contributed by atoms with Crippen LogP contribution >= 0.6 is 35.1 Å². The fourth-order valence-corrected chi connectivity index (χ4v) is 5.47. The molecule has 0 aliphatic heterocycles. The molecule has 2 unspecified atom stereocenters. The SMILES string of the molecule is CCCSNCCCc1ccc2c(c1)C(Cc1ccc(Cl)c(Cl)c1)C(NC(C)C)CC2. The van der Waals surface area contributed by atoms with Crippen LogP contribution in [0.25, 0.3) is 0 Å². The lowest BCUT2D eigenvalue weighted by molar-refractivity contribution is 0.359. The fourth-order valence-electron chi connectivity index (χ4n) is 4.51. The zero-order valence-electron chi connectivity index (χ0n) is 19.0. The van der Waals surface area contributed by atoms with Gasteiger partial charge in [-0.3, -0.25) is 4.72 Å². The topological polar surface area (TPSA) is 24.1 Å². The number of halogens is 2. The summed E-state index contributed by atoms with van der Waals surface area (Å²) in [6.07, 6.45) is 6.80. The van der Waals surface area contributed by atoms with Gasteiger partial charge in [-0.1, -0.05) is 80.2 Å². The molecular weight excluding hydrogens is 443 g/mol. The number of hydrogen-bond acceptors (Lipinski definition) is 3. The molecule has 1 aliphatic carbocycles. The Balaban J connectivity index is 1.77. The first kappa shape index (κ1) is 24.9. The number of aryl methyl sites for hydroxylation is 2. The molecule has 5 heteroatoms. The standard InChI is InChI=1S/C26H36Cl2N2S/c1-4-14-31-29-13-5-6-19-7-9-21-10-12-26(30-18(2)3)23(22(21)15-19)16-20-8-11-24(27)25(28)17-20/h7-9,11,15,17-18,23,26,29-30H,4-6,10,12-14,16H2,1-3H3. The Hall–Kier alpha value is -0.710. The molecule has 2 aromatic carbocycles. The zero-order chi connectivity index (χ0) is 22.2. The second kappa shape index (κ2) is 12.5. The minimum absolute atomic E-state index is 0.446. The van der Waals surface area contributed by atoms with E-state index < -0.39 is 0 Å².